The second-order valence-electron chi connectivity index (χ2n) is 3.09. The van der Waals surface area contributed by atoms with Crippen molar-refractivity contribution < 1.29 is 0 Å². The molecular formula is C9H8N4S. The monoisotopic (exact) mass is 204 g/mol. The maximum Gasteiger partial charge on any atom is 0.172 e. The first-order valence-corrected chi connectivity index (χ1v) is 5.27. The summed E-state index contributed by atoms with van der Waals surface area (Å²) in [4.78, 5) is 6.73. The Morgan fingerprint density at radius 3 is 3.21 bits per heavy atom. The van der Waals surface area contributed by atoms with Crippen LogP contribution >= 0.6 is 11.3 Å². The summed E-state index contributed by atoms with van der Waals surface area (Å²) < 4.78 is 1.84. The van der Waals surface area contributed by atoms with Crippen LogP contribution in [0.4, 0.5) is 0 Å². The molecule has 0 aromatic carbocycles. The highest BCUT2D eigenvalue weighted by molar-refractivity contribution is 7.18. The summed E-state index contributed by atoms with van der Waals surface area (Å²) in [5.41, 5.74) is 0.894. The highest BCUT2D eigenvalue weighted by Crippen LogP contribution is 2.26. The molecule has 0 saturated carbocycles. The van der Waals surface area contributed by atoms with E-state index in [2.05, 4.69) is 28.2 Å². The highest BCUT2D eigenvalue weighted by Gasteiger charge is 2.07. The summed E-state index contributed by atoms with van der Waals surface area (Å²) in [5.74, 6) is 0. The first-order valence-electron chi connectivity index (χ1n) is 4.45. The molecule has 0 fully saturated rings. The Labute approximate surface area is 84.2 Å². The Kier molecular flexibility index (Phi) is 1.55. The van der Waals surface area contributed by atoms with Gasteiger partial charge in [0.25, 0.3) is 0 Å². The average Bonchev–Trinajstić information content (AvgIpc) is 2.82. The van der Waals surface area contributed by atoms with E-state index in [4.69, 9.17) is 0 Å². The standard InChI is InChI=1S/C9H8N4S/c1-2-6-3-7-8-12-11-5-13(8)4-10-9(7)14-6/h3-5H,2H2,1H3. The summed E-state index contributed by atoms with van der Waals surface area (Å²) in [5, 5.41) is 9.04. The summed E-state index contributed by atoms with van der Waals surface area (Å²) >= 11 is 1.72. The number of hydrogen-bond acceptors (Lipinski definition) is 4. The van der Waals surface area contributed by atoms with Crippen LogP contribution in [0.15, 0.2) is 18.7 Å². The van der Waals surface area contributed by atoms with Crippen molar-refractivity contribution in [3.05, 3.63) is 23.6 Å². The summed E-state index contributed by atoms with van der Waals surface area (Å²) in [6, 6.07) is 2.15. The van der Waals surface area contributed by atoms with Gasteiger partial charge in [0.15, 0.2) is 5.65 Å². The Morgan fingerprint density at radius 1 is 1.43 bits per heavy atom. The molecule has 0 amide bonds. The third-order valence-electron chi connectivity index (χ3n) is 2.23. The summed E-state index contributed by atoms with van der Waals surface area (Å²) in [7, 11) is 0. The molecule has 0 spiro atoms. The fraction of sp³-hybridized carbons (Fsp3) is 0.222. The number of nitrogens with zero attached hydrogens (tertiary/aromatic N) is 4. The van der Waals surface area contributed by atoms with Crippen molar-refractivity contribution in [1.82, 2.24) is 19.6 Å². The smallest absolute Gasteiger partial charge is 0.172 e. The minimum Gasteiger partial charge on any atom is -0.271 e. The van der Waals surface area contributed by atoms with Crippen LogP contribution in [0.5, 0.6) is 0 Å². The molecule has 4 nitrogen and oxygen atoms in total. The molecule has 0 saturated heterocycles. The lowest BCUT2D eigenvalue weighted by molar-refractivity contribution is 1.08. The zero-order valence-electron chi connectivity index (χ0n) is 7.64. The third-order valence-corrected chi connectivity index (χ3v) is 3.41. The van der Waals surface area contributed by atoms with Crippen molar-refractivity contribution in [3.8, 4) is 0 Å². The molecule has 0 atom stereocenters. The van der Waals surface area contributed by atoms with Crippen LogP contribution in [0.2, 0.25) is 0 Å². The SMILES string of the molecule is CCc1cc2c(ncn3cnnc23)s1. The van der Waals surface area contributed by atoms with Crippen LogP contribution in [0.3, 0.4) is 0 Å². The van der Waals surface area contributed by atoms with Crippen molar-refractivity contribution >= 4 is 27.2 Å². The first-order chi connectivity index (χ1) is 6.88. The topological polar surface area (TPSA) is 43.1 Å². The van der Waals surface area contributed by atoms with Gasteiger partial charge in [-0.2, -0.15) is 0 Å². The van der Waals surface area contributed by atoms with Gasteiger partial charge in [0.05, 0.1) is 5.39 Å². The summed E-state index contributed by atoms with van der Waals surface area (Å²) in [6.45, 7) is 2.14. The molecule has 14 heavy (non-hydrogen) atoms. The van der Waals surface area contributed by atoms with Gasteiger partial charge in [-0.25, -0.2) is 4.98 Å². The van der Waals surface area contributed by atoms with Crippen LogP contribution in [0.1, 0.15) is 11.8 Å². The number of rotatable bonds is 1. The lowest BCUT2D eigenvalue weighted by atomic mass is 10.3. The van der Waals surface area contributed by atoms with Gasteiger partial charge in [-0.1, -0.05) is 6.92 Å². The van der Waals surface area contributed by atoms with Gasteiger partial charge in [0, 0.05) is 4.88 Å². The Balaban J connectivity index is 2.49. The molecule has 3 aromatic heterocycles. The Morgan fingerprint density at radius 2 is 2.36 bits per heavy atom. The fourth-order valence-corrected chi connectivity index (χ4v) is 2.43. The Bertz CT molecular complexity index is 595. The molecule has 0 unspecified atom stereocenters. The predicted molar refractivity (Wildman–Crippen MR) is 55.5 cm³/mol. The van der Waals surface area contributed by atoms with Gasteiger partial charge in [0.2, 0.25) is 0 Å². The number of hydrogen-bond donors (Lipinski definition) is 0. The molecule has 3 rings (SSSR count). The largest absolute Gasteiger partial charge is 0.271 e. The van der Waals surface area contributed by atoms with Gasteiger partial charge in [-0.05, 0) is 12.5 Å². The molecular weight excluding hydrogens is 196 g/mol. The van der Waals surface area contributed by atoms with E-state index < -0.39 is 0 Å². The molecule has 5 heteroatoms. The fourth-order valence-electron chi connectivity index (χ4n) is 1.50. The van der Waals surface area contributed by atoms with E-state index in [1.807, 2.05) is 4.40 Å². The van der Waals surface area contributed by atoms with Crippen LogP contribution in [0.25, 0.3) is 15.9 Å². The normalized spacial score (nSPS) is 11.5. The molecule has 0 radical (unpaired) electrons. The average molecular weight is 204 g/mol. The highest BCUT2D eigenvalue weighted by atomic mass is 32.1. The van der Waals surface area contributed by atoms with Gasteiger partial charge in [-0.15, -0.1) is 21.5 Å². The maximum absolute atomic E-state index is 4.35. The number of thiophene rings is 1. The molecule has 70 valence electrons. The summed E-state index contributed by atoms with van der Waals surface area (Å²) in [6.07, 6.45) is 4.47. The van der Waals surface area contributed by atoms with E-state index in [1.54, 1.807) is 24.0 Å². The van der Waals surface area contributed by atoms with Crippen LogP contribution in [-0.2, 0) is 6.42 Å². The van der Waals surface area contributed by atoms with Crippen molar-refractivity contribution in [2.45, 2.75) is 13.3 Å². The van der Waals surface area contributed by atoms with Crippen molar-refractivity contribution in [3.63, 3.8) is 0 Å². The van der Waals surface area contributed by atoms with E-state index in [0.29, 0.717) is 0 Å². The van der Waals surface area contributed by atoms with E-state index in [-0.39, 0.29) is 0 Å². The van der Waals surface area contributed by atoms with E-state index in [9.17, 15) is 0 Å². The molecule has 0 aliphatic rings. The number of fused-ring (bicyclic) bond motifs is 3. The van der Waals surface area contributed by atoms with Crippen molar-refractivity contribution in [1.29, 1.82) is 0 Å². The van der Waals surface area contributed by atoms with Crippen molar-refractivity contribution in [2.24, 2.45) is 0 Å². The van der Waals surface area contributed by atoms with Gasteiger partial charge >= 0.3 is 0 Å². The minimum absolute atomic E-state index is 0.894. The predicted octanol–water partition coefficient (Wildman–Crippen LogP) is 1.90. The minimum atomic E-state index is 0.894. The van der Waals surface area contributed by atoms with E-state index >= 15 is 0 Å². The van der Waals surface area contributed by atoms with Gasteiger partial charge in [-0.3, -0.25) is 4.40 Å². The molecule has 0 bridgehead atoms. The first kappa shape index (κ1) is 7.87. The van der Waals surface area contributed by atoms with Gasteiger partial charge in [0.1, 0.15) is 17.5 Å². The second kappa shape index (κ2) is 2.75. The van der Waals surface area contributed by atoms with Gasteiger partial charge < -0.3 is 0 Å². The quantitative estimate of drug-likeness (QED) is 0.608. The molecule has 0 N–H and O–H groups in total. The van der Waals surface area contributed by atoms with E-state index in [1.165, 1.54) is 4.88 Å². The number of aromatic nitrogens is 4. The van der Waals surface area contributed by atoms with Crippen LogP contribution < -0.4 is 0 Å². The Hall–Kier alpha value is -1.49. The van der Waals surface area contributed by atoms with Crippen molar-refractivity contribution in [2.75, 3.05) is 0 Å². The lowest BCUT2D eigenvalue weighted by Crippen LogP contribution is -1.84. The third kappa shape index (κ3) is 0.957. The second-order valence-corrected chi connectivity index (χ2v) is 4.21. The molecule has 3 heterocycles. The van der Waals surface area contributed by atoms with Crippen LogP contribution in [0, 0.1) is 0 Å². The number of aryl methyl sites for hydroxylation is 1. The van der Waals surface area contributed by atoms with E-state index in [0.717, 1.165) is 22.3 Å². The molecule has 0 aliphatic carbocycles. The zero-order valence-corrected chi connectivity index (χ0v) is 8.45. The zero-order chi connectivity index (χ0) is 9.54. The molecule has 3 aromatic rings. The maximum atomic E-state index is 4.35. The molecule has 0 aliphatic heterocycles. The lowest BCUT2D eigenvalue weighted by Gasteiger charge is -1.90. The van der Waals surface area contributed by atoms with Crippen LogP contribution in [-0.4, -0.2) is 19.6 Å².